The van der Waals surface area contributed by atoms with Crippen molar-refractivity contribution in [3.05, 3.63) is 19.1 Å². The van der Waals surface area contributed by atoms with E-state index >= 15 is 0 Å². The summed E-state index contributed by atoms with van der Waals surface area (Å²) in [6.45, 7) is 0. The van der Waals surface area contributed by atoms with Gasteiger partial charge in [0, 0.05) is 0 Å². The number of rotatable bonds is 0. The Labute approximate surface area is 85.7 Å². The van der Waals surface area contributed by atoms with Gasteiger partial charge in [0.15, 0.2) is 0 Å². The fraction of sp³-hybridized carbons (Fsp3) is 0. The average molecular weight is 247 g/mol. The molecule has 0 saturated carbocycles. The molecule has 0 aromatic carbocycles. The minimum atomic E-state index is 0.0211. The summed E-state index contributed by atoms with van der Waals surface area (Å²) in [5.41, 5.74) is 1.20. The first-order valence-electron chi connectivity index (χ1n) is 3.31. The van der Waals surface area contributed by atoms with Gasteiger partial charge >= 0.3 is 0 Å². The Morgan fingerprint density at radius 2 is 1.23 bits per heavy atom. The lowest BCUT2D eigenvalue weighted by molar-refractivity contribution is 1.55. The molecule has 3 rings (SSSR count). The molecule has 0 aliphatic rings. The zero-order valence-electron chi connectivity index (χ0n) is 5.95. The second-order valence-corrected chi connectivity index (χ2v) is 6.67. The van der Waals surface area contributed by atoms with E-state index in [1.54, 1.807) is 0 Å². The second-order valence-electron chi connectivity index (χ2n) is 2.44. The topological polar surface area (TPSA) is 49.9 Å². The number of hydrogen-bond donors (Lipinski definition) is 1. The van der Waals surface area contributed by atoms with E-state index in [1.165, 1.54) is 41.4 Å². The van der Waals surface area contributed by atoms with Gasteiger partial charge in [0.1, 0.15) is 11.0 Å². The quantitative estimate of drug-likeness (QED) is 0.620. The average Bonchev–Trinajstić information content (AvgIpc) is 2.70. The summed E-state index contributed by atoms with van der Waals surface area (Å²) >= 11 is 0. The number of hydrogen-bond acceptors (Lipinski definition) is 6. The second kappa shape index (κ2) is 2.50. The monoisotopic (exact) mass is 247 g/mol. The lowest BCUT2D eigenvalue weighted by atomic mass is 10.5. The maximum absolute atomic E-state index is 11.3. The first-order chi connectivity index (χ1) is 6.27. The standard InChI is InChI=1S/C6HNO2S4/c8-5-1-3(10-12-5)4-2(7-1)6(9)13-11-4/h7H. The van der Waals surface area contributed by atoms with E-state index in [-0.39, 0.29) is 9.48 Å². The van der Waals surface area contributed by atoms with Gasteiger partial charge in [-0.15, -0.1) is 0 Å². The van der Waals surface area contributed by atoms with Crippen LogP contribution in [0.25, 0.3) is 20.4 Å². The van der Waals surface area contributed by atoms with Gasteiger partial charge in [0.25, 0.3) is 9.48 Å². The Morgan fingerprint density at radius 3 is 1.69 bits per heavy atom. The summed E-state index contributed by atoms with van der Waals surface area (Å²) in [4.78, 5) is 25.4. The largest absolute Gasteiger partial charge is 0.345 e. The number of H-pyrrole nitrogens is 1. The van der Waals surface area contributed by atoms with Crippen LogP contribution in [0.15, 0.2) is 9.59 Å². The molecule has 3 aromatic heterocycles. The van der Waals surface area contributed by atoms with Crippen molar-refractivity contribution in [1.29, 1.82) is 0 Å². The maximum atomic E-state index is 11.3. The first kappa shape index (κ1) is 7.86. The van der Waals surface area contributed by atoms with Crippen LogP contribution in [0.5, 0.6) is 0 Å². The minimum Gasteiger partial charge on any atom is -0.345 e. The summed E-state index contributed by atoms with van der Waals surface area (Å²) in [5, 5.41) is 0. The van der Waals surface area contributed by atoms with Gasteiger partial charge in [0.2, 0.25) is 0 Å². The van der Waals surface area contributed by atoms with Crippen LogP contribution in [0.3, 0.4) is 0 Å². The van der Waals surface area contributed by atoms with Crippen LogP contribution in [0.2, 0.25) is 0 Å². The Kier molecular flexibility index (Phi) is 1.51. The lowest BCUT2D eigenvalue weighted by Crippen LogP contribution is -1.91. The van der Waals surface area contributed by atoms with Gasteiger partial charge in [0.05, 0.1) is 9.40 Å². The molecule has 3 heterocycles. The molecule has 13 heavy (non-hydrogen) atoms. The van der Waals surface area contributed by atoms with Crippen molar-refractivity contribution < 1.29 is 0 Å². The molecule has 66 valence electrons. The molecule has 0 radical (unpaired) electrons. The van der Waals surface area contributed by atoms with Crippen LogP contribution in [0.4, 0.5) is 0 Å². The van der Waals surface area contributed by atoms with E-state index < -0.39 is 0 Å². The van der Waals surface area contributed by atoms with E-state index in [9.17, 15) is 9.59 Å². The zero-order valence-corrected chi connectivity index (χ0v) is 9.22. The Balaban J connectivity index is 2.80. The van der Waals surface area contributed by atoms with Crippen molar-refractivity contribution in [3.63, 3.8) is 0 Å². The van der Waals surface area contributed by atoms with E-state index in [4.69, 9.17) is 0 Å². The number of fused-ring (bicyclic) bond motifs is 3. The summed E-state index contributed by atoms with van der Waals surface area (Å²) in [5.74, 6) is 0. The number of nitrogens with one attached hydrogen (secondary N) is 1. The van der Waals surface area contributed by atoms with Gasteiger partial charge < -0.3 is 4.98 Å². The minimum absolute atomic E-state index is 0.0211. The summed E-state index contributed by atoms with van der Waals surface area (Å²) in [7, 11) is 5.30. The van der Waals surface area contributed by atoms with Gasteiger partial charge in [-0.25, -0.2) is 0 Å². The number of aromatic nitrogens is 1. The SMILES string of the molecule is O=c1ssc2c1[nH]c1c(=O)ssc12. The zero-order chi connectivity index (χ0) is 9.00. The highest BCUT2D eigenvalue weighted by Gasteiger charge is 2.13. The molecular weight excluding hydrogens is 246 g/mol. The highest BCUT2D eigenvalue weighted by molar-refractivity contribution is 7.75. The third kappa shape index (κ3) is 0.925. The normalized spacial score (nSPS) is 11.7. The Hall–Kier alpha value is -0.500. The molecule has 0 spiro atoms. The van der Waals surface area contributed by atoms with Gasteiger partial charge in [-0.1, -0.05) is 20.7 Å². The molecule has 0 unspecified atom stereocenters. The summed E-state index contributed by atoms with van der Waals surface area (Å²) in [6, 6.07) is 0. The van der Waals surface area contributed by atoms with Crippen molar-refractivity contribution in [2.45, 2.75) is 0 Å². The molecule has 0 bridgehead atoms. The summed E-state index contributed by atoms with van der Waals surface area (Å²) < 4.78 is 1.92. The van der Waals surface area contributed by atoms with Crippen molar-refractivity contribution in [2.24, 2.45) is 0 Å². The molecule has 0 aliphatic heterocycles. The number of aromatic amines is 1. The highest BCUT2D eigenvalue weighted by atomic mass is 32.9. The third-order valence-corrected chi connectivity index (χ3v) is 6.28. The molecule has 7 heteroatoms. The van der Waals surface area contributed by atoms with Crippen LogP contribution in [0.1, 0.15) is 0 Å². The maximum Gasteiger partial charge on any atom is 0.267 e. The smallest absolute Gasteiger partial charge is 0.267 e. The molecule has 1 N–H and O–H groups in total. The molecule has 0 atom stereocenters. The fourth-order valence-electron chi connectivity index (χ4n) is 1.15. The van der Waals surface area contributed by atoms with Crippen LogP contribution in [-0.2, 0) is 0 Å². The molecule has 0 amide bonds. The Morgan fingerprint density at radius 1 is 0.769 bits per heavy atom. The van der Waals surface area contributed by atoms with Crippen LogP contribution < -0.4 is 9.48 Å². The van der Waals surface area contributed by atoms with E-state index in [0.717, 1.165) is 9.40 Å². The molecular formula is C6HNO2S4. The molecule has 3 aromatic rings. The first-order valence-corrected chi connectivity index (χ1v) is 7.61. The van der Waals surface area contributed by atoms with Crippen LogP contribution in [0, 0.1) is 0 Å². The predicted molar refractivity (Wildman–Crippen MR) is 59.9 cm³/mol. The molecule has 3 nitrogen and oxygen atoms in total. The van der Waals surface area contributed by atoms with Gasteiger partial charge in [-0.2, -0.15) is 0 Å². The van der Waals surface area contributed by atoms with Crippen LogP contribution >= 0.6 is 41.4 Å². The van der Waals surface area contributed by atoms with Crippen molar-refractivity contribution in [2.75, 3.05) is 0 Å². The molecule has 0 fully saturated rings. The van der Waals surface area contributed by atoms with Crippen molar-refractivity contribution in [3.8, 4) is 0 Å². The van der Waals surface area contributed by atoms with Crippen molar-refractivity contribution in [1.82, 2.24) is 4.98 Å². The van der Waals surface area contributed by atoms with Crippen LogP contribution in [-0.4, -0.2) is 4.98 Å². The lowest BCUT2D eigenvalue weighted by Gasteiger charge is -1.69. The fourth-order valence-corrected chi connectivity index (χ4v) is 5.90. The predicted octanol–water partition coefficient (Wildman–Crippen LogP) is 2.29. The van der Waals surface area contributed by atoms with Gasteiger partial charge in [-0.3, -0.25) is 9.59 Å². The summed E-state index contributed by atoms with van der Waals surface area (Å²) in [6.07, 6.45) is 0. The van der Waals surface area contributed by atoms with E-state index in [1.807, 2.05) is 0 Å². The highest BCUT2D eigenvalue weighted by Crippen LogP contribution is 2.32. The molecule has 0 saturated heterocycles. The van der Waals surface area contributed by atoms with Gasteiger partial charge in [-0.05, 0) is 20.7 Å². The Bertz CT molecular complexity index is 634. The van der Waals surface area contributed by atoms with E-state index in [2.05, 4.69) is 4.98 Å². The third-order valence-electron chi connectivity index (χ3n) is 1.72. The van der Waals surface area contributed by atoms with E-state index in [0.29, 0.717) is 11.0 Å². The molecule has 0 aliphatic carbocycles. The van der Waals surface area contributed by atoms with Crippen molar-refractivity contribution >= 4 is 61.8 Å².